The number of hydrogen-bond donors (Lipinski definition) is 1. The summed E-state index contributed by atoms with van der Waals surface area (Å²) >= 11 is 0. The lowest BCUT2D eigenvalue weighted by Crippen LogP contribution is -2.11. The monoisotopic (exact) mass is 192 g/mol. The second-order valence-corrected chi connectivity index (χ2v) is 3.72. The Morgan fingerprint density at radius 3 is 2.64 bits per heavy atom. The molecule has 3 nitrogen and oxygen atoms in total. The van der Waals surface area contributed by atoms with E-state index < -0.39 is 0 Å². The van der Waals surface area contributed by atoms with Gasteiger partial charge in [0.05, 0.1) is 0 Å². The van der Waals surface area contributed by atoms with Crippen molar-refractivity contribution < 1.29 is 4.79 Å². The summed E-state index contributed by atoms with van der Waals surface area (Å²) in [5.41, 5.74) is 0.814. The van der Waals surface area contributed by atoms with Crippen LogP contribution in [0.3, 0.4) is 0 Å². The van der Waals surface area contributed by atoms with Crippen molar-refractivity contribution in [3.8, 4) is 0 Å². The van der Waals surface area contributed by atoms with Crippen LogP contribution in [0.25, 0.3) is 0 Å². The molecule has 3 heteroatoms. The maximum atomic E-state index is 11.4. The molecule has 0 aromatic carbocycles. The van der Waals surface area contributed by atoms with Crippen LogP contribution in [0.15, 0.2) is 24.5 Å². The van der Waals surface area contributed by atoms with E-state index in [1.165, 1.54) is 0 Å². The molecular weight excluding hydrogens is 176 g/mol. The standard InChI is InChI=1S/C11H16N2O/c1-9(2)3-4-11(14)13-10-5-7-12-8-6-10/h5-9H,3-4H2,1-2H3,(H,12,13,14). The van der Waals surface area contributed by atoms with E-state index in [0.29, 0.717) is 12.3 Å². The van der Waals surface area contributed by atoms with Crippen molar-refractivity contribution in [2.24, 2.45) is 5.92 Å². The minimum Gasteiger partial charge on any atom is -0.326 e. The quantitative estimate of drug-likeness (QED) is 0.796. The summed E-state index contributed by atoms with van der Waals surface area (Å²) < 4.78 is 0. The molecule has 0 saturated carbocycles. The summed E-state index contributed by atoms with van der Waals surface area (Å²) in [4.78, 5) is 15.3. The van der Waals surface area contributed by atoms with E-state index in [4.69, 9.17) is 0 Å². The number of pyridine rings is 1. The fourth-order valence-electron chi connectivity index (χ4n) is 1.08. The Kier molecular flexibility index (Phi) is 4.11. The third-order valence-corrected chi connectivity index (χ3v) is 1.91. The highest BCUT2D eigenvalue weighted by Gasteiger charge is 2.03. The fraction of sp³-hybridized carbons (Fsp3) is 0.455. The van der Waals surface area contributed by atoms with E-state index in [0.717, 1.165) is 12.1 Å². The molecule has 0 unspecified atom stereocenters. The van der Waals surface area contributed by atoms with Crippen molar-refractivity contribution in [3.05, 3.63) is 24.5 Å². The third-order valence-electron chi connectivity index (χ3n) is 1.91. The van der Waals surface area contributed by atoms with Crippen LogP contribution in [-0.2, 0) is 4.79 Å². The van der Waals surface area contributed by atoms with E-state index in [9.17, 15) is 4.79 Å². The Balaban J connectivity index is 2.35. The van der Waals surface area contributed by atoms with Gasteiger partial charge in [0.15, 0.2) is 0 Å². The first-order valence-electron chi connectivity index (χ1n) is 4.88. The minimum absolute atomic E-state index is 0.0740. The predicted octanol–water partition coefficient (Wildman–Crippen LogP) is 2.46. The van der Waals surface area contributed by atoms with Gasteiger partial charge in [0.25, 0.3) is 0 Å². The zero-order valence-electron chi connectivity index (χ0n) is 8.66. The zero-order chi connectivity index (χ0) is 10.4. The summed E-state index contributed by atoms with van der Waals surface area (Å²) in [6, 6.07) is 3.57. The average molecular weight is 192 g/mol. The summed E-state index contributed by atoms with van der Waals surface area (Å²) in [5, 5.41) is 2.82. The molecule has 0 bridgehead atoms. The van der Waals surface area contributed by atoms with Gasteiger partial charge in [0.2, 0.25) is 5.91 Å². The van der Waals surface area contributed by atoms with E-state index in [-0.39, 0.29) is 5.91 Å². The summed E-state index contributed by atoms with van der Waals surface area (Å²) in [7, 11) is 0. The molecule has 0 aliphatic heterocycles. The Bertz CT molecular complexity index is 283. The Morgan fingerprint density at radius 2 is 2.07 bits per heavy atom. The Labute approximate surface area is 84.6 Å². The molecule has 0 radical (unpaired) electrons. The lowest BCUT2D eigenvalue weighted by Gasteiger charge is -2.05. The number of rotatable bonds is 4. The van der Waals surface area contributed by atoms with Crippen LogP contribution in [0.2, 0.25) is 0 Å². The van der Waals surface area contributed by atoms with Crippen molar-refractivity contribution in [3.63, 3.8) is 0 Å². The zero-order valence-corrected chi connectivity index (χ0v) is 8.66. The van der Waals surface area contributed by atoms with E-state index in [1.54, 1.807) is 24.5 Å². The molecule has 1 N–H and O–H groups in total. The number of nitrogens with one attached hydrogen (secondary N) is 1. The highest BCUT2D eigenvalue weighted by atomic mass is 16.1. The molecule has 0 aliphatic carbocycles. The molecule has 14 heavy (non-hydrogen) atoms. The SMILES string of the molecule is CC(C)CCC(=O)Nc1ccncc1. The molecule has 0 atom stereocenters. The van der Waals surface area contributed by atoms with Crippen LogP contribution in [0, 0.1) is 5.92 Å². The highest BCUT2D eigenvalue weighted by molar-refractivity contribution is 5.90. The van der Waals surface area contributed by atoms with Crippen molar-refractivity contribution in [2.45, 2.75) is 26.7 Å². The molecule has 1 amide bonds. The van der Waals surface area contributed by atoms with Gasteiger partial charge in [-0.05, 0) is 24.5 Å². The molecule has 1 aromatic rings. The maximum absolute atomic E-state index is 11.4. The first kappa shape index (κ1) is 10.7. The normalized spacial score (nSPS) is 10.2. The summed E-state index contributed by atoms with van der Waals surface area (Å²) in [6.07, 6.45) is 4.84. The molecular formula is C11H16N2O. The van der Waals surface area contributed by atoms with Crippen LogP contribution >= 0.6 is 0 Å². The van der Waals surface area contributed by atoms with Crippen molar-refractivity contribution in [2.75, 3.05) is 5.32 Å². The molecule has 0 spiro atoms. The lowest BCUT2D eigenvalue weighted by atomic mass is 10.1. The molecule has 1 aromatic heterocycles. The molecule has 0 aliphatic rings. The predicted molar refractivity (Wildman–Crippen MR) is 56.9 cm³/mol. The van der Waals surface area contributed by atoms with E-state index >= 15 is 0 Å². The number of carbonyl (C=O) groups excluding carboxylic acids is 1. The van der Waals surface area contributed by atoms with Gasteiger partial charge in [-0.3, -0.25) is 9.78 Å². The first-order chi connectivity index (χ1) is 6.68. The van der Waals surface area contributed by atoms with Gasteiger partial charge >= 0.3 is 0 Å². The van der Waals surface area contributed by atoms with Crippen molar-refractivity contribution in [1.82, 2.24) is 4.98 Å². The summed E-state index contributed by atoms with van der Waals surface area (Å²) in [5.74, 6) is 0.642. The highest BCUT2D eigenvalue weighted by Crippen LogP contribution is 2.07. The number of nitrogens with zero attached hydrogens (tertiary/aromatic N) is 1. The number of aromatic nitrogens is 1. The average Bonchev–Trinajstić information content (AvgIpc) is 2.16. The molecule has 1 heterocycles. The van der Waals surface area contributed by atoms with Gasteiger partial charge in [0, 0.05) is 24.5 Å². The largest absolute Gasteiger partial charge is 0.326 e. The van der Waals surface area contributed by atoms with Gasteiger partial charge in [-0.2, -0.15) is 0 Å². The molecule has 1 rings (SSSR count). The van der Waals surface area contributed by atoms with Crippen LogP contribution < -0.4 is 5.32 Å². The molecule has 0 saturated heterocycles. The number of anilines is 1. The maximum Gasteiger partial charge on any atom is 0.224 e. The first-order valence-corrected chi connectivity index (χ1v) is 4.88. The van der Waals surface area contributed by atoms with Crippen molar-refractivity contribution in [1.29, 1.82) is 0 Å². The number of hydrogen-bond acceptors (Lipinski definition) is 2. The van der Waals surface area contributed by atoms with Gasteiger partial charge in [0.1, 0.15) is 0 Å². The van der Waals surface area contributed by atoms with Gasteiger partial charge in [-0.25, -0.2) is 0 Å². The Hall–Kier alpha value is -1.38. The van der Waals surface area contributed by atoms with E-state index in [2.05, 4.69) is 24.1 Å². The van der Waals surface area contributed by atoms with Crippen LogP contribution in [0.5, 0.6) is 0 Å². The number of amides is 1. The lowest BCUT2D eigenvalue weighted by molar-refractivity contribution is -0.116. The van der Waals surface area contributed by atoms with Crippen LogP contribution in [-0.4, -0.2) is 10.9 Å². The minimum atomic E-state index is 0.0740. The Morgan fingerprint density at radius 1 is 1.43 bits per heavy atom. The fourth-order valence-corrected chi connectivity index (χ4v) is 1.08. The second-order valence-electron chi connectivity index (χ2n) is 3.72. The van der Waals surface area contributed by atoms with Crippen molar-refractivity contribution >= 4 is 11.6 Å². The number of carbonyl (C=O) groups is 1. The van der Waals surface area contributed by atoms with E-state index in [1.807, 2.05) is 0 Å². The van der Waals surface area contributed by atoms with Gasteiger partial charge in [-0.15, -0.1) is 0 Å². The topological polar surface area (TPSA) is 42.0 Å². The van der Waals surface area contributed by atoms with Gasteiger partial charge < -0.3 is 5.32 Å². The van der Waals surface area contributed by atoms with Gasteiger partial charge in [-0.1, -0.05) is 13.8 Å². The molecule has 76 valence electrons. The van der Waals surface area contributed by atoms with Crippen LogP contribution in [0.4, 0.5) is 5.69 Å². The van der Waals surface area contributed by atoms with Crippen LogP contribution in [0.1, 0.15) is 26.7 Å². The summed E-state index contributed by atoms with van der Waals surface area (Å²) in [6.45, 7) is 4.22. The third kappa shape index (κ3) is 4.03. The smallest absolute Gasteiger partial charge is 0.224 e. The second kappa shape index (κ2) is 5.37. The molecule has 0 fully saturated rings.